The van der Waals surface area contributed by atoms with Crippen LogP contribution in [-0.2, 0) is 10.0 Å². The minimum atomic E-state index is -3.96. The maximum Gasteiger partial charge on any atom is 0.254 e. The van der Waals surface area contributed by atoms with E-state index >= 15 is 0 Å². The number of amides is 1. The monoisotopic (exact) mass is 441 g/mol. The first-order valence-electron chi connectivity index (χ1n) is 10.1. The second-order valence-electron chi connectivity index (χ2n) is 8.09. The SMILES string of the molecule is Cc1ccc(F)c(S(=O)(=O)N2CCC(c3cc(C(=O)N(C)C)c4ccccc4n3)C2)c1. The van der Waals surface area contributed by atoms with E-state index in [1.165, 1.54) is 21.3 Å². The molecule has 2 heterocycles. The highest BCUT2D eigenvalue weighted by molar-refractivity contribution is 7.89. The summed E-state index contributed by atoms with van der Waals surface area (Å²) in [7, 11) is -0.576. The molecule has 0 N–H and O–H groups in total. The van der Waals surface area contributed by atoms with Crippen LogP contribution in [-0.4, -0.2) is 55.7 Å². The minimum Gasteiger partial charge on any atom is -0.345 e. The van der Waals surface area contributed by atoms with Crippen LogP contribution in [0.3, 0.4) is 0 Å². The van der Waals surface area contributed by atoms with Crippen molar-refractivity contribution in [1.82, 2.24) is 14.2 Å². The van der Waals surface area contributed by atoms with Crippen LogP contribution in [0.15, 0.2) is 53.4 Å². The van der Waals surface area contributed by atoms with E-state index in [0.717, 1.165) is 5.39 Å². The van der Waals surface area contributed by atoms with E-state index in [2.05, 4.69) is 0 Å². The number of fused-ring (bicyclic) bond motifs is 1. The van der Waals surface area contributed by atoms with Crippen LogP contribution >= 0.6 is 0 Å². The summed E-state index contributed by atoms with van der Waals surface area (Å²) in [6.45, 7) is 2.19. The summed E-state index contributed by atoms with van der Waals surface area (Å²) in [4.78, 5) is 18.7. The van der Waals surface area contributed by atoms with Gasteiger partial charge in [-0.25, -0.2) is 12.8 Å². The molecular weight excluding hydrogens is 417 g/mol. The fraction of sp³-hybridized carbons (Fsp3) is 0.304. The van der Waals surface area contributed by atoms with Gasteiger partial charge in [-0.15, -0.1) is 0 Å². The predicted molar refractivity (Wildman–Crippen MR) is 117 cm³/mol. The number of pyridine rings is 1. The Balaban J connectivity index is 1.69. The number of halogens is 1. The maximum atomic E-state index is 14.3. The van der Waals surface area contributed by atoms with Crippen LogP contribution in [0.2, 0.25) is 0 Å². The van der Waals surface area contributed by atoms with Crippen LogP contribution in [0.4, 0.5) is 4.39 Å². The first-order chi connectivity index (χ1) is 14.7. The molecule has 3 aromatic rings. The molecule has 2 aromatic carbocycles. The normalized spacial score (nSPS) is 17.2. The van der Waals surface area contributed by atoms with Crippen LogP contribution in [0.5, 0.6) is 0 Å². The second kappa shape index (κ2) is 8.01. The Morgan fingerprint density at radius 3 is 2.65 bits per heavy atom. The summed E-state index contributed by atoms with van der Waals surface area (Å²) < 4.78 is 41.7. The molecule has 31 heavy (non-hydrogen) atoms. The number of carbonyl (C=O) groups excluding carboxylic acids is 1. The van der Waals surface area contributed by atoms with Gasteiger partial charge in [0, 0.05) is 44.2 Å². The summed E-state index contributed by atoms with van der Waals surface area (Å²) in [5.74, 6) is -1.07. The average molecular weight is 442 g/mol. The van der Waals surface area contributed by atoms with Crippen molar-refractivity contribution in [1.29, 1.82) is 0 Å². The third kappa shape index (κ3) is 3.93. The molecule has 4 rings (SSSR count). The molecule has 1 unspecified atom stereocenters. The Morgan fingerprint density at radius 2 is 1.90 bits per heavy atom. The second-order valence-corrected chi connectivity index (χ2v) is 10.0. The van der Waals surface area contributed by atoms with E-state index in [1.54, 1.807) is 33.2 Å². The van der Waals surface area contributed by atoms with Crippen LogP contribution < -0.4 is 0 Å². The molecule has 1 atom stereocenters. The third-order valence-electron chi connectivity index (χ3n) is 5.65. The van der Waals surface area contributed by atoms with Crippen molar-refractivity contribution in [2.75, 3.05) is 27.2 Å². The highest BCUT2D eigenvalue weighted by atomic mass is 32.2. The zero-order valence-corrected chi connectivity index (χ0v) is 18.5. The number of aryl methyl sites for hydroxylation is 1. The molecular formula is C23H24FN3O3S. The molecule has 1 aliphatic heterocycles. The zero-order chi connectivity index (χ0) is 22.3. The summed E-state index contributed by atoms with van der Waals surface area (Å²) >= 11 is 0. The lowest BCUT2D eigenvalue weighted by Crippen LogP contribution is -2.29. The molecule has 0 spiro atoms. The van der Waals surface area contributed by atoms with Gasteiger partial charge < -0.3 is 4.90 Å². The first-order valence-corrected chi connectivity index (χ1v) is 11.5. The van der Waals surface area contributed by atoms with E-state index in [9.17, 15) is 17.6 Å². The summed E-state index contributed by atoms with van der Waals surface area (Å²) in [6.07, 6.45) is 0.549. The first kappa shape index (κ1) is 21.4. The number of hydrogen-bond acceptors (Lipinski definition) is 4. The van der Waals surface area contributed by atoms with Gasteiger partial charge in [0.05, 0.1) is 11.1 Å². The van der Waals surface area contributed by atoms with Crippen molar-refractivity contribution in [3.63, 3.8) is 0 Å². The van der Waals surface area contributed by atoms with E-state index < -0.39 is 15.8 Å². The molecule has 8 heteroatoms. The molecule has 0 radical (unpaired) electrons. The van der Waals surface area contributed by atoms with Crippen LogP contribution in [0.25, 0.3) is 10.9 Å². The van der Waals surface area contributed by atoms with Gasteiger partial charge in [0.2, 0.25) is 10.0 Å². The molecule has 0 saturated carbocycles. The minimum absolute atomic E-state index is 0.135. The maximum absolute atomic E-state index is 14.3. The molecule has 1 amide bonds. The third-order valence-corrected chi connectivity index (χ3v) is 7.53. The Morgan fingerprint density at radius 1 is 1.16 bits per heavy atom. The summed E-state index contributed by atoms with van der Waals surface area (Å²) in [5, 5.41) is 0.759. The van der Waals surface area contributed by atoms with Crippen molar-refractivity contribution >= 4 is 26.8 Å². The molecule has 0 aliphatic carbocycles. The number of para-hydroxylation sites is 1. The molecule has 1 aromatic heterocycles. The largest absolute Gasteiger partial charge is 0.345 e. The van der Waals surface area contributed by atoms with Crippen molar-refractivity contribution in [3.8, 4) is 0 Å². The molecule has 0 bridgehead atoms. The van der Waals surface area contributed by atoms with Crippen LogP contribution in [0, 0.1) is 12.7 Å². The quantitative estimate of drug-likeness (QED) is 0.621. The Bertz CT molecular complexity index is 1270. The Kier molecular flexibility index (Phi) is 5.53. The lowest BCUT2D eigenvalue weighted by Gasteiger charge is -2.18. The van der Waals surface area contributed by atoms with Gasteiger partial charge in [-0.3, -0.25) is 9.78 Å². The van der Waals surface area contributed by atoms with E-state index in [0.29, 0.717) is 28.8 Å². The van der Waals surface area contributed by atoms with Gasteiger partial charge in [0.15, 0.2) is 0 Å². The number of benzene rings is 2. The van der Waals surface area contributed by atoms with Crippen molar-refractivity contribution in [3.05, 3.63) is 71.2 Å². The van der Waals surface area contributed by atoms with E-state index in [1.807, 2.05) is 24.3 Å². The molecule has 6 nitrogen and oxygen atoms in total. The fourth-order valence-electron chi connectivity index (χ4n) is 3.96. The van der Waals surface area contributed by atoms with E-state index in [-0.39, 0.29) is 29.8 Å². The lowest BCUT2D eigenvalue weighted by atomic mass is 9.99. The standard InChI is InChI=1S/C23H24FN3O3S/c1-15-8-9-19(24)22(12-15)31(29,30)27-11-10-16(14-27)21-13-18(23(28)26(2)3)17-6-4-5-7-20(17)25-21/h4-9,12-13,16H,10-11,14H2,1-3H3. The fourth-order valence-corrected chi connectivity index (χ4v) is 5.61. The van der Waals surface area contributed by atoms with Gasteiger partial charge in [-0.2, -0.15) is 4.31 Å². The number of rotatable bonds is 4. The van der Waals surface area contributed by atoms with Crippen molar-refractivity contribution < 1.29 is 17.6 Å². The molecule has 1 fully saturated rings. The summed E-state index contributed by atoms with van der Waals surface area (Å²) in [6, 6.07) is 13.3. The van der Waals surface area contributed by atoms with Gasteiger partial charge in [-0.1, -0.05) is 24.3 Å². The van der Waals surface area contributed by atoms with Gasteiger partial charge in [-0.05, 0) is 43.2 Å². The van der Waals surface area contributed by atoms with E-state index in [4.69, 9.17) is 4.98 Å². The average Bonchev–Trinajstić information content (AvgIpc) is 3.25. The number of hydrogen-bond donors (Lipinski definition) is 0. The lowest BCUT2D eigenvalue weighted by molar-refractivity contribution is 0.0829. The number of sulfonamides is 1. The van der Waals surface area contributed by atoms with Gasteiger partial charge >= 0.3 is 0 Å². The zero-order valence-electron chi connectivity index (χ0n) is 17.7. The molecule has 1 saturated heterocycles. The Hall–Kier alpha value is -2.84. The topological polar surface area (TPSA) is 70.6 Å². The summed E-state index contributed by atoms with van der Waals surface area (Å²) in [5.41, 5.74) is 2.58. The Labute approximate surface area is 181 Å². The number of carbonyl (C=O) groups is 1. The number of nitrogens with zero attached hydrogens (tertiary/aromatic N) is 3. The number of aromatic nitrogens is 1. The smallest absolute Gasteiger partial charge is 0.254 e. The predicted octanol–water partition coefficient (Wildman–Crippen LogP) is 3.56. The van der Waals surface area contributed by atoms with Gasteiger partial charge in [0.25, 0.3) is 5.91 Å². The van der Waals surface area contributed by atoms with Crippen molar-refractivity contribution in [2.24, 2.45) is 0 Å². The highest BCUT2D eigenvalue weighted by Gasteiger charge is 2.35. The molecule has 162 valence electrons. The van der Waals surface area contributed by atoms with Crippen LogP contribution in [0.1, 0.15) is 34.0 Å². The van der Waals surface area contributed by atoms with Gasteiger partial charge in [0.1, 0.15) is 10.7 Å². The van der Waals surface area contributed by atoms with Crippen molar-refractivity contribution in [2.45, 2.75) is 24.2 Å². The molecule has 1 aliphatic rings. The highest BCUT2D eigenvalue weighted by Crippen LogP contribution is 2.33.